The maximum Gasteiger partial charge on any atom is 0.236 e. The predicted molar refractivity (Wildman–Crippen MR) is 57.0 cm³/mol. The number of primary amides is 1. The molecule has 0 aliphatic heterocycles. The van der Waals surface area contributed by atoms with E-state index < -0.39 is 0 Å². The van der Waals surface area contributed by atoms with Crippen molar-refractivity contribution in [2.45, 2.75) is 12.6 Å². The lowest BCUT2D eigenvalue weighted by Crippen LogP contribution is -2.42. The van der Waals surface area contributed by atoms with E-state index in [0.717, 1.165) is 3.57 Å². The maximum absolute atomic E-state index is 10.9. The van der Waals surface area contributed by atoms with Crippen LogP contribution in [-0.4, -0.2) is 28.8 Å². The van der Waals surface area contributed by atoms with Gasteiger partial charge in [0.05, 0.1) is 16.3 Å². The van der Waals surface area contributed by atoms with Crippen molar-refractivity contribution in [1.29, 1.82) is 0 Å². The molecule has 1 amide bonds. The van der Waals surface area contributed by atoms with Gasteiger partial charge in [0, 0.05) is 6.20 Å². The highest BCUT2D eigenvalue weighted by Crippen LogP contribution is 2.01. The number of likely N-dealkylation sites (N-methyl/N-ethyl adjacent to an activating group) is 1. The van der Waals surface area contributed by atoms with Crippen LogP contribution in [0.1, 0.15) is 0 Å². The van der Waals surface area contributed by atoms with Crippen LogP contribution in [-0.2, 0) is 11.3 Å². The zero-order chi connectivity index (χ0) is 9.84. The average molecular weight is 294 g/mol. The van der Waals surface area contributed by atoms with Crippen LogP contribution < -0.4 is 11.1 Å². The Morgan fingerprint density at radius 2 is 2.62 bits per heavy atom. The number of rotatable bonds is 4. The van der Waals surface area contributed by atoms with Crippen LogP contribution in [0.5, 0.6) is 0 Å². The van der Waals surface area contributed by atoms with E-state index in [1.165, 1.54) is 0 Å². The zero-order valence-electron chi connectivity index (χ0n) is 7.20. The predicted octanol–water partition coefficient (Wildman–Crippen LogP) is -0.439. The number of carbonyl (C=O) groups excluding carboxylic acids is 1. The highest BCUT2D eigenvalue weighted by atomic mass is 127. The highest BCUT2D eigenvalue weighted by molar-refractivity contribution is 14.1. The maximum atomic E-state index is 10.9. The minimum Gasteiger partial charge on any atom is -0.368 e. The fourth-order valence-corrected chi connectivity index (χ4v) is 1.39. The van der Waals surface area contributed by atoms with Gasteiger partial charge < -0.3 is 11.1 Å². The number of nitrogens with two attached hydrogens (primary N) is 1. The standard InChI is InChI=1S/C7H11IN4O/c1-10-6(7(9)13)4-12-3-5(8)2-11-12/h2-3,6,10H,4H2,1H3,(H2,9,13). The van der Waals surface area contributed by atoms with Crippen LogP contribution in [0, 0.1) is 3.57 Å². The number of carbonyl (C=O) groups is 1. The number of hydrogen-bond acceptors (Lipinski definition) is 3. The summed E-state index contributed by atoms with van der Waals surface area (Å²) < 4.78 is 2.73. The molecule has 0 radical (unpaired) electrons. The monoisotopic (exact) mass is 294 g/mol. The molecule has 1 aromatic heterocycles. The molecule has 72 valence electrons. The second-order valence-corrected chi connectivity index (χ2v) is 3.87. The summed E-state index contributed by atoms with van der Waals surface area (Å²) in [6, 6.07) is -0.365. The van der Waals surface area contributed by atoms with Crippen molar-refractivity contribution in [2.75, 3.05) is 7.05 Å². The first-order valence-electron chi connectivity index (χ1n) is 3.78. The van der Waals surface area contributed by atoms with E-state index in [1.54, 1.807) is 17.9 Å². The number of hydrogen-bond donors (Lipinski definition) is 2. The minimum atomic E-state index is -0.368. The molecule has 6 heteroatoms. The number of amides is 1. The minimum absolute atomic E-state index is 0.365. The molecular formula is C7H11IN4O. The quantitative estimate of drug-likeness (QED) is 0.740. The van der Waals surface area contributed by atoms with Gasteiger partial charge in [-0.1, -0.05) is 0 Å². The normalized spacial score (nSPS) is 12.8. The lowest BCUT2D eigenvalue weighted by molar-refractivity contribution is -0.120. The van der Waals surface area contributed by atoms with Crippen LogP contribution in [0.3, 0.4) is 0 Å². The Morgan fingerprint density at radius 3 is 3.00 bits per heavy atom. The Balaban J connectivity index is 2.61. The molecule has 0 spiro atoms. The van der Waals surface area contributed by atoms with E-state index in [2.05, 4.69) is 33.0 Å². The largest absolute Gasteiger partial charge is 0.368 e. The van der Waals surface area contributed by atoms with Crippen LogP contribution in [0.25, 0.3) is 0 Å². The second-order valence-electron chi connectivity index (χ2n) is 2.62. The first kappa shape index (κ1) is 10.5. The Morgan fingerprint density at radius 1 is 1.92 bits per heavy atom. The number of aromatic nitrogens is 2. The van der Waals surface area contributed by atoms with E-state index >= 15 is 0 Å². The summed E-state index contributed by atoms with van der Waals surface area (Å²) in [6.07, 6.45) is 3.59. The summed E-state index contributed by atoms with van der Waals surface area (Å²) in [4.78, 5) is 10.9. The fourth-order valence-electron chi connectivity index (χ4n) is 0.949. The topological polar surface area (TPSA) is 72.9 Å². The molecule has 1 unspecified atom stereocenters. The first-order valence-corrected chi connectivity index (χ1v) is 4.86. The third kappa shape index (κ3) is 2.96. The summed E-state index contributed by atoms with van der Waals surface area (Å²) in [5.41, 5.74) is 5.16. The van der Waals surface area contributed by atoms with Crippen LogP contribution in [0.2, 0.25) is 0 Å². The Bertz CT molecular complexity index is 298. The van der Waals surface area contributed by atoms with E-state index in [0.29, 0.717) is 6.54 Å². The third-order valence-electron chi connectivity index (χ3n) is 1.66. The van der Waals surface area contributed by atoms with Gasteiger partial charge in [-0.15, -0.1) is 0 Å². The zero-order valence-corrected chi connectivity index (χ0v) is 9.35. The molecule has 13 heavy (non-hydrogen) atoms. The summed E-state index contributed by atoms with van der Waals surface area (Å²) >= 11 is 2.16. The summed E-state index contributed by atoms with van der Waals surface area (Å²) in [5, 5.41) is 6.87. The summed E-state index contributed by atoms with van der Waals surface area (Å²) in [5.74, 6) is -0.368. The summed E-state index contributed by atoms with van der Waals surface area (Å²) in [7, 11) is 1.70. The van der Waals surface area contributed by atoms with E-state index in [-0.39, 0.29) is 11.9 Å². The van der Waals surface area contributed by atoms with Gasteiger partial charge in [-0.05, 0) is 29.6 Å². The Hall–Kier alpha value is -0.630. The molecule has 0 aromatic carbocycles. The van der Waals surface area contributed by atoms with Gasteiger partial charge in [-0.25, -0.2) is 0 Å². The molecule has 5 nitrogen and oxygen atoms in total. The van der Waals surface area contributed by atoms with Gasteiger partial charge in [0.15, 0.2) is 0 Å². The molecule has 1 rings (SSSR count). The van der Waals surface area contributed by atoms with Crippen molar-refractivity contribution in [3.63, 3.8) is 0 Å². The van der Waals surface area contributed by atoms with Crippen molar-refractivity contribution < 1.29 is 4.79 Å². The van der Waals surface area contributed by atoms with Gasteiger partial charge in [-0.2, -0.15) is 5.10 Å². The van der Waals surface area contributed by atoms with Gasteiger partial charge in [0.25, 0.3) is 0 Å². The first-order chi connectivity index (χ1) is 6.13. The Kier molecular flexibility index (Phi) is 3.67. The Labute approximate surface area is 89.8 Å². The van der Waals surface area contributed by atoms with Crippen LogP contribution >= 0.6 is 22.6 Å². The molecule has 0 aliphatic carbocycles. The van der Waals surface area contributed by atoms with Crippen molar-refractivity contribution in [3.05, 3.63) is 16.0 Å². The van der Waals surface area contributed by atoms with Gasteiger partial charge in [0.2, 0.25) is 5.91 Å². The lowest BCUT2D eigenvalue weighted by atomic mass is 10.3. The average Bonchev–Trinajstić information content (AvgIpc) is 2.46. The molecule has 0 fully saturated rings. The smallest absolute Gasteiger partial charge is 0.236 e. The molecule has 1 atom stereocenters. The van der Waals surface area contributed by atoms with Crippen LogP contribution in [0.15, 0.2) is 12.4 Å². The van der Waals surface area contributed by atoms with Gasteiger partial charge >= 0.3 is 0 Å². The summed E-state index contributed by atoms with van der Waals surface area (Å²) in [6.45, 7) is 0.467. The van der Waals surface area contributed by atoms with Crippen molar-refractivity contribution >= 4 is 28.5 Å². The number of nitrogens with zero attached hydrogens (tertiary/aromatic N) is 2. The van der Waals surface area contributed by atoms with Gasteiger partial charge in [0.1, 0.15) is 6.04 Å². The van der Waals surface area contributed by atoms with Crippen molar-refractivity contribution in [2.24, 2.45) is 5.73 Å². The number of halogens is 1. The third-order valence-corrected chi connectivity index (χ3v) is 2.22. The second kappa shape index (κ2) is 4.56. The molecule has 1 aromatic rings. The molecule has 0 saturated heterocycles. The molecular weight excluding hydrogens is 283 g/mol. The molecule has 3 N–H and O–H groups in total. The highest BCUT2D eigenvalue weighted by Gasteiger charge is 2.13. The molecule has 0 bridgehead atoms. The number of nitrogens with one attached hydrogen (secondary N) is 1. The molecule has 0 aliphatic rings. The molecule has 0 saturated carbocycles. The lowest BCUT2D eigenvalue weighted by Gasteiger charge is -2.11. The van der Waals surface area contributed by atoms with Gasteiger partial charge in [-0.3, -0.25) is 9.48 Å². The molecule has 1 heterocycles. The fraction of sp³-hybridized carbons (Fsp3) is 0.429. The SMILES string of the molecule is CNC(Cn1cc(I)cn1)C(N)=O. The van der Waals surface area contributed by atoms with Crippen LogP contribution in [0.4, 0.5) is 0 Å². The van der Waals surface area contributed by atoms with Crippen molar-refractivity contribution in [3.8, 4) is 0 Å². The van der Waals surface area contributed by atoms with E-state index in [9.17, 15) is 4.79 Å². The van der Waals surface area contributed by atoms with Crippen molar-refractivity contribution in [1.82, 2.24) is 15.1 Å². The van der Waals surface area contributed by atoms with E-state index in [4.69, 9.17) is 5.73 Å². The van der Waals surface area contributed by atoms with E-state index in [1.807, 2.05) is 6.20 Å².